The van der Waals surface area contributed by atoms with Gasteiger partial charge < -0.3 is 5.11 Å². The van der Waals surface area contributed by atoms with Crippen LogP contribution < -0.4 is 0 Å². The second-order valence-electron chi connectivity index (χ2n) is 3.82. The van der Waals surface area contributed by atoms with E-state index in [1.807, 2.05) is 30.3 Å². The Kier molecular flexibility index (Phi) is 2.30. The largest absolute Gasteiger partial charge is 0.478 e. The maximum absolute atomic E-state index is 10.9. The number of hydrogen-bond donors (Lipinski definition) is 1. The third-order valence-electron chi connectivity index (χ3n) is 2.62. The smallest absolute Gasteiger partial charge is 0.335 e. The van der Waals surface area contributed by atoms with E-state index >= 15 is 0 Å². The molecule has 0 bridgehead atoms. The number of pyridine rings is 1. The van der Waals surface area contributed by atoms with E-state index in [0.29, 0.717) is 11.5 Å². The van der Waals surface area contributed by atoms with Gasteiger partial charge in [-0.05, 0) is 12.1 Å². The molecule has 3 rings (SSSR count). The van der Waals surface area contributed by atoms with Crippen LogP contribution in [0.3, 0.4) is 0 Å². The number of hydrogen-bond acceptors (Lipinski definition) is 3. The predicted molar refractivity (Wildman–Crippen MR) is 65.4 cm³/mol. The number of rotatable bonds is 2. The number of carboxylic acids is 1. The summed E-state index contributed by atoms with van der Waals surface area (Å²) in [7, 11) is 0. The Labute approximate surface area is 102 Å². The first kappa shape index (κ1) is 10.5. The quantitative estimate of drug-likeness (QED) is 0.743. The summed E-state index contributed by atoms with van der Waals surface area (Å²) in [5.74, 6) is -0.389. The number of aromatic nitrogens is 3. The average molecular weight is 239 g/mol. The van der Waals surface area contributed by atoms with Gasteiger partial charge in [-0.1, -0.05) is 30.3 Å². The van der Waals surface area contributed by atoms with Gasteiger partial charge in [0.1, 0.15) is 0 Å². The van der Waals surface area contributed by atoms with Crippen molar-refractivity contribution in [3.63, 3.8) is 0 Å². The number of carbonyl (C=O) groups is 1. The number of fused-ring (bicyclic) bond motifs is 1. The average Bonchev–Trinajstić information content (AvgIpc) is 2.82. The molecule has 1 N–H and O–H groups in total. The first-order valence-electron chi connectivity index (χ1n) is 5.39. The van der Waals surface area contributed by atoms with Crippen LogP contribution in [0.2, 0.25) is 0 Å². The van der Waals surface area contributed by atoms with E-state index in [1.54, 1.807) is 10.7 Å². The molecule has 2 heterocycles. The van der Waals surface area contributed by atoms with Crippen LogP contribution >= 0.6 is 0 Å². The zero-order valence-electron chi connectivity index (χ0n) is 9.32. The zero-order chi connectivity index (χ0) is 12.5. The molecule has 0 spiro atoms. The van der Waals surface area contributed by atoms with E-state index in [0.717, 1.165) is 5.56 Å². The molecule has 0 radical (unpaired) electrons. The number of nitrogens with zero attached hydrogens (tertiary/aromatic N) is 3. The number of carboxylic acid groups (broad SMARTS) is 1. The molecule has 0 aliphatic heterocycles. The van der Waals surface area contributed by atoms with Gasteiger partial charge >= 0.3 is 5.97 Å². The molecular formula is C13H9N3O2. The van der Waals surface area contributed by atoms with Gasteiger partial charge in [-0.3, -0.25) is 0 Å². The highest BCUT2D eigenvalue weighted by Crippen LogP contribution is 2.16. The van der Waals surface area contributed by atoms with E-state index in [-0.39, 0.29) is 5.56 Å². The molecule has 0 unspecified atom stereocenters. The lowest BCUT2D eigenvalue weighted by molar-refractivity contribution is 0.0697. The van der Waals surface area contributed by atoms with Crippen molar-refractivity contribution in [2.24, 2.45) is 0 Å². The summed E-state index contributed by atoms with van der Waals surface area (Å²) in [5.41, 5.74) is 1.63. The summed E-state index contributed by atoms with van der Waals surface area (Å²) < 4.78 is 1.56. The van der Waals surface area contributed by atoms with Crippen molar-refractivity contribution in [1.82, 2.24) is 14.6 Å². The maximum atomic E-state index is 10.9. The van der Waals surface area contributed by atoms with Gasteiger partial charge in [0.05, 0.1) is 5.56 Å². The number of aromatic carboxylic acids is 1. The first-order chi connectivity index (χ1) is 8.74. The fraction of sp³-hybridized carbons (Fsp3) is 0. The van der Waals surface area contributed by atoms with E-state index < -0.39 is 5.97 Å². The van der Waals surface area contributed by atoms with Crippen molar-refractivity contribution in [2.45, 2.75) is 0 Å². The Balaban J connectivity index is 2.14. The van der Waals surface area contributed by atoms with Gasteiger partial charge in [0.25, 0.3) is 0 Å². The zero-order valence-corrected chi connectivity index (χ0v) is 9.32. The molecule has 0 aliphatic carbocycles. The van der Waals surface area contributed by atoms with Gasteiger partial charge in [0.2, 0.25) is 0 Å². The van der Waals surface area contributed by atoms with Crippen molar-refractivity contribution in [1.29, 1.82) is 0 Å². The van der Waals surface area contributed by atoms with Crippen LogP contribution in [0.5, 0.6) is 0 Å². The highest BCUT2D eigenvalue weighted by Gasteiger charge is 2.08. The molecule has 88 valence electrons. The Morgan fingerprint density at radius 2 is 1.94 bits per heavy atom. The van der Waals surface area contributed by atoms with Crippen LogP contribution in [0.25, 0.3) is 17.0 Å². The Bertz CT molecular complexity index is 719. The van der Waals surface area contributed by atoms with Crippen molar-refractivity contribution in [3.05, 3.63) is 54.2 Å². The monoisotopic (exact) mass is 239 g/mol. The minimum Gasteiger partial charge on any atom is -0.478 e. The Morgan fingerprint density at radius 1 is 1.17 bits per heavy atom. The first-order valence-corrected chi connectivity index (χ1v) is 5.39. The lowest BCUT2D eigenvalue weighted by Crippen LogP contribution is -1.97. The van der Waals surface area contributed by atoms with Crippen LogP contribution in [0.1, 0.15) is 10.4 Å². The van der Waals surface area contributed by atoms with E-state index in [1.165, 1.54) is 12.1 Å². The van der Waals surface area contributed by atoms with Crippen LogP contribution in [-0.4, -0.2) is 25.7 Å². The van der Waals surface area contributed by atoms with Crippen molar-refractivity contribution < 1.29 is 9.90 Å². The predicted octanol–water partition coefficient (Wildman–Crippen LogP) is 2.09. The van der Waals surface area contributed by atoms with Crippen molar-refractivity contribution >= 4 is 11.6 Å². The van der Waals surface area contributed by atoms with Gasteiger partial charge in [-0.15, -0.1) is 5.10 Å². The van der Waals surface area contributed by atoms with Crippen LogP contribution in [0.15, 0.2) is 48.7 Å². The van der Waals surface area contributed by atoms with Gasteiger partial charge in [-0.25, -0.2) is 14.3 Å². The second-order valence-corrected chi connectivity index (χ2v) is 3.82. The minimum absolute atomic E-state index is 0.203. The molecule has 0 aliphatic rings. The standard InChI is InChI=1S/C13H9N3O2/c17-13(18)10-6-7-16-11(8-10)14-12(15-16)9-4-2-1-3-5-9/h1-8H,(H,17,18). The van der Waals surface area contributed by atoms with Gasteiger partial charge in [-0.2, -0.15) is 0 Å². The van der Waals surface area contributed by atoms with E-state index in [2.05, 4.69) is 10.1 Å². The third-order valence-corrected chi connectivity index (χ3v) is 2.62. The molecule has 0 atom stereocenters. The van der Waals surface area contributed by atoms with Crippen LogP contribution in [0.4, 0.5) is 0 Å². The summed E-state index contributed by atoms with van der Waals surface area (Å²) in [6, 6.07) is 12.6. The lowest BCUT2D eigenvalue weighted by Gasteiger charge is -1.93. The molecule has 3 aromatic rings. The second kappa shape index (κ2) is 3.96. The maximum Gasteiger partial charge on any atom is 0.335 e. The molecule has 0 saturated carbocycles. The topological polar surface area (TPSA) is 67.5 Å². The molecule has 0 saturated heterocycles. The van der Waals surface area contributed by atoms with Crippen molar-refractivity contribution in [2.75, 3.05) is 0 Å². The molecule has 1 aromatic carbocycles. The Hall–Kier alpha value is -2.69. The highest BCUT2D eigenvalue weighted by atomic mass is 16.4. The Morgan fingerprint density at radius 3 is 2.67 bits per heavy atom. The van der Waals surface area contributed by atoms with E-state index in [4.69, 9.17) is 5.11 Å². The molecule has 5 heteroatoms. The fourth-order valence-electron chi connectivity index (χ4n) is 1.72. The summed E-state index contributed by atoms with van der Waals surface area (Å²) in [4.78, 5) is 15.2. The molecular weight excluding hydrogens is 230 g/mol. The molecule has 0 fully saturated rings. The fourth-order valence-corrected chi connectivity index (χ4v) is 1.72. The SMILES string of the molecule is O=C(O)c1ccn2nc(-c3ccccc3)nc2c1. The summed E-state index contributed by atoms with van der Waals surface area (Å²) in [6.45, 7) is 0. The molecule has 18 heavy (non-hydrogen) atoms. The van der Waals surface area contributed by atoms with Gasteiger partial charge in [0.15, 0.2) is 11.5 Å². The number of benzene rings is 1. The highest BCUT2D eigenvalue weighted by molar-refractivity contribution is 5.88. The third kappa shape index (κ3) is 1.71. The lowest BCUT2D eigenvalue weighted by atomic mass is 10.2. The van der Waals surface area contributed by atoms with E-state index in [9.17, 15) is 4.79 Å². The normalized spacial score (nSPS) is 10.7. The van der Waals surface area contributed by atoms with Crippen LogP contribution in [0, 0.1) is 0 Å². The molecule has 5 nitrogen and oxygen atoms in total. The summed E-state index contributed by atoms with van der Waals surface area (Å²) >= 11 is 0. The summed E-state index contributed by atoms with van der Waals surface area (Å²) in [5, 5.41) is 13.2. The van der Waals surface area contributed by atoms with Crippen LogP contribution in [-0.2, 0) is 0 Å². The van der Waals surface area contributed by atoms with Crippen molar-refractivity contribution in [3.8, 4) is 11.4 Å². The minimum atomic E-state index is -0.971. The summed E-state index contributed by atoms with van der Waals surface area (Å²) in [6.07, 6.45) is 1.60. The molecule has 2 aromatic heterocycles. The van der Waals surface area contributed by atoms with Gasteiger partial charge in [0, 0.05) is 11.8 Å². The molecule has 0 amide bonds.